The molecule has 0 spiro atoms. The van der Waals surface area contributed by atoms with Crippen molar-refractivity contribution in [2.24, 2.45) is 5.73 Å². The number of benzene rings is 1. The van der Waals surface area contributed by atoms with Gasteiger partial charge >= 0.3 is 12.1 Å². The first-order chi connectivity index (χ1) is 13.6. The van der Waals surface area contributed by atoms with E-state index in [1.807, 2.05) is 24.3 Å². The number of urea groups is 1. The van der Waals surface area contributed by atoms with E-state index in [2.05, 4.69) is 27.9 Å². The summed E-state index contributed by atoms with van der Waals surface area (Å²) in [7, 11) is 0. The molecule has 29 heavy (non-hydrogen) atoms. The third kappa shape index (κ3) is 7.49. The largest absolute Gasteiger partial charge is 0.443 e. The molecule has 0 bridgehead atoms. The maximum absolute atomic E-state index is 13.0. The van der Waals surface area contributed by atoms with Crippen molar-refractivity contribution in [3.8, 4) is 0 Å². The van der Waals surface area contributed by atoms with Crippen molar-refractivity contribution in [1.82, 2.24) is 10.2 Å². The average molecular weight is 515 g/mol. The number of carbonyl (C=O) groups excluding carboxylic acids is 3. The quantitative estimate of drug-likeness (QED) is 0.580. The third-order valence-electron chi connectivity index (χ3n) is 4.74. The molecule has 1 fully saturated rings. The number of halogens is 1. The Balaban J connectivity index is 2.17. The Kier molecular flexibility index (Phi) is 8.30. The predicted octanol–water partition coefficient (Wildman–Crippen LogP) is 3.97. The maximum Gasteiger partial charge on any atom is 0.418 e. The molecule has 1 aromatic carbocycles. The highest BCUT2D eigenvalue weighted by Crippen LogP contribution is 2.24. The number of nitrogens with two attached hydrogens (primary N) is 1. The minimum absolute atomic E-state index is 0.245. The van der Waals surface area contributed by atoms with Gasteiger partial charge in [-0.15, -0.1) is 0 Å². The fraction of sp³-hybridized carbons (Fsp3) is 0.571. The molecule has 0 heterocycles. The van der Waals surface area contributed by atoms with E-state index >= 15 is 0 Å². The van der Waals surface area contributed by atoms with Gasteiger partial charge in [-0.1, -0.05) is 31.4 Å². The van der Waals surface area contributed by atoms with Crippen LogP contribution < -0.4 is 11.1 Å². The van der Waals surface area contributed by atoms with E-state index in [9.17, 15) is 14.4 Å². The summed E-state index contributed by atoms with van der Waals surface area (Å²) >= 11 is 2.19. The molecular weight excluding hydrogens is 485 g/mol. The van der Waals surface area contributed by atoms with Crippen LogP contribution in [0.2, 0.25) is 0 Å². The molecule has 1 saturated carbocycles. The molecule has 8 heteroatoms. The zero-order valence-corrected chi connectivity index (χ0v) is 19.4. The molecule has 0 radical (unpaired) electrons. The lowest BCUT2D eigenvalue weighted by Gasteiger charge is -2.34. The van der Waals surface area contributed by atoms with Crippen LogP contribution in [0.3, 0.4) is 0 Å². The number of hydrogen-bond acceptors (Lipinski definition) is 4. The Bertz CT molecular complexity index is 724. The molecule has 1 atom stereocenters. The second kappa shape index (κ2) is 10.3. The molecule has 0 unspecified atom stereocenters. The number of primary amides is 1. The van der Waals surface area contributed by atoms with E-state index in [0.717, 1.165) is 46.1 Å². The summed E-state index contributed by atoms with van der Waals surface area (Å²) < 4.78 is 6.53. The number of rotatable bonds is 5. The van der Waals surface area contributed by atoms with Gasteiger partial charge in [0.2, 0.25) is 5.91 Å². The number of hydrogen-bond donors (Lipinski definition) is 2. The average Bonchev–Trinajstić information content (AvgIpc) is 2.62. The number of ether oxygens (including phenoxy) is 1. The fourth-order valence-corrected chi connectivity index (χ4v) is 3.71. The van der Waals surface area contributed by atoms with Gasteiger partial charge in [0.1, 0.15) is 11.6 Å². The van der Waals surface area contributed by atoms with Crippen LogP contribution in [0.15, 0.2) is 24.3 Å². The van der Waals surface area contributed by atoms with E-state index in [4.69, 9.17) is 10.5 Å². The van der Waals surface area contributed by atoms with Crippen LogP contribution in [0.5, 0.6) is 0 Å². The third-order valence-corrected chi connectivity index (χ3v) is 5.46. The summed E-state index contributed by atoms with van der Waals surface area (Å²) in [6, 6.07) is 5.81. The Labute approximate surface area is 185 Å². The monoisotopic (exact) mass is 515 g/mol. The van der Waals surface area contributed by atoms with Crippen LogP contribution in [-0.2, 0) is 16.0 Å². The number of nitrogens with zero attached hydrogens (tertiary/aromatic N) is 1. The number of nitrogens with one attached hydrogen (secondary N) is 1. The van der Waals surface area contributed by atoms with Gasteiger partial charge in [0, 0.05) is 16.0 Å². The number of imide groups is 1. The number of carbonyl (C=O) groups is 3. The van der Waals surface area contributed by atoms with Crippen LogP contribution in [-0.4, -0.2) is 40.6 Å². The van der Waals surface area contributed by atoms with E-state index in [-0.39, 0.29) is 12.5 Å². The second-order valence-electron chi connectivity index (χ2n) is 8.38. The molecule has 2 rings (SSSR count). The molecule has 4 amide bonds. The molecule has 3 N–H and O–H groups in total. The van der Waals surface area contributed by atoms with E-state index in [1.54, 1.807) is 20.8 Å². The van der Waals surface area contributed by atoms with Gasteiger partial charge in [0.15, 0.2) is 0 Å². The van der Waals surface area contributed by atoms with E-state index < -0.39 is 29.7 Å². The molecule has 0 aromatic heterocycles. The summed E-state index contributed by atoms with van der Waals surface area (Å²) in [6.45, 7) is 5.26. The SMILES string of the molecule is CC(C)(C)OC(=O)N(C(=O)N[C@@H](Cc1ccc(I)cc1)C(N)=O)C1CCCCC1. The highest BCUT2D eigenvalue weighted by atomic mass is 127. The molecule has 1 aliphatic carbocycles. The van der Waals surface area contributed by atoms with Gasteiger partial charge in [0.25, 0.3) is 0 Å². The van der Waals surface area contributed by atoms with Crippen molar-refractivity contribution in [2.75, 3.05) is 0 Å². The summed E-state index contributed by atoms with van der Waals surface area (Å²) in [5.74, 6) is -0.648. The van der Waals surface area contributed by atoms with Crippen LogP contribution in [0.1, 0.15) is 58.4 Å². The van der Waals surface area contributed by atoms with Gasteiger partial charge in [0.05, 0.1) is 0 Å². The Morgan fingerprint density at radius 1 is 1.17 bits per heavy atom. The first kappa shape index (κ1) is 23.4. The maximum atomic E-state index is 13.0. The highest BCUT2D eigenvalue weighted by Gasteiger charge is 2.35. The van der Waals surface area contributed by atoms with Crippen molar-refractivity contribution in [2.45, 2.75) is 77.0 Å². The topological polar surface area (TPSA) is 102 Å². The van der Waals surface area contributed by atoms with Crippen LogP contribution in [0.4, 0.5) is 9.59 Å². The van der Waals surface area contributed by atoms with Crippen molar-refractivity contribution in [3.63, 3.8) is 0 Å². The van der Waals surface area contributed by atoms with Crippen molar-refractivity contribution < 1.29 is 19.1 Å². The smallest absolute Gasteiger partial charge is 0.418 e. The first-order valence-corrected chi connectivity index (χ1v) is 11.0. The number of amides is 4. The minimum Gasteiger partial charge on any atom is -0.443 e. The zero-order chi connectivity index (χ0) is 21.6. The first-order valence-electron chi connectivity index (χ1n) is 9.93. The Morgan fingerprint density at radius 2 is 1.76 bits per heavy atom. The fourth-order valence-electron chi connectivity index (χ4n) is 3.35. The lowest BCUT2D eigenvalue weighted by atomic mass is 9.94. The van der Waals surface area contributed by atoms with Crippen molar-refractivity contribution in [3.05, 3.63) is 33.4 Å². The molecule has 160 valence electrons. The minimum atomic E-state index is -0.920. The Hall–Kier alpha value is -1.84. The molecular formula is C21H30IN3O4. The van der Waals surface area contributed by atoms with E-state index in [0.29, 0.717) is 0 Å². The molecule has 0 saturated heterocycles. The highest BCUT2D eigenvalue weighted by molar-refractivity contribution is 14.1. The second-order valence-corrected chi connectivity index (χ2v) is 9.62. The molecule has 7 nitrogen and oxygen atoms in total. The summed E-state index contributed by atoms with van der Waals surface area (Å²) in [5, 5.41) is 2.65. The van der Waals surface area contributed by atoms with Crippen LogP contribution >= 0.6 is 22.6 Å². The van der Waals surface area contributed by atoms with Crippen LogP contribution in [0.25, 0.3) is 0 Å². The summed E-state index contributed by atoms with van der Waals surface area (Å²) in [4.78, 5) is 38.9. The van der Waals surface area contributed by atoms with E-state index in [1.165, 1.54) is 0 Å². The van der Waals surface area contributed by atoms with Crippen LogP contribution in [0, 0.1) is 3.57 Å². The standard InChI is InChI=1S/C21H30IN3O4/c1-21(2,3)29-20(28)25(16-7-5-4-6-8-16)19(27)24-17(18(23)26)13-14-9-11-15(22)12-10-14/h9-12,16-17H,4-8,13H2,1-3H3,(H2,23,26)(H,24,27)/t17-/m0/s1. The lowest BCUT2D eigenvalue weighted by Crippen LogP contribution is -2.56. The lowest BCUT2D eigenvalue weighted by molar-refractivity contribution is -0.119. The predicted molar refractivity (Wildman–Crippen MR) is 119 cm³/mol. The van der Waals surface area contributed by atoms with Gasteiger partial charge in [-0.25, -0.2) is 14.5 Å². The normalized spacial score (nSPS) is 16.0. The van der Waals surface area contributed by atoms with Crippen molar-refractivity contribution in [1.29, 1.82) is 0 Å². The van der Waals surface area contributed by atoms with Gasteiger partial charge in [-0.3, -0.25) is 4.79 Å². The Morgan fingerprint density at radius 3 is 2.28 bits per heavy atom. The molecule has 1 aromatic rings. The molecule has 1 aliphatic rings. The van der Waals surface area contributed by atoms with Gasteiger partial charge in [-0.2, -0.15) is 0 Å². The summed E-state index contributed by atoms with van der Waals surface area (Å²) in [5.41, 5.74) is 5.67. The van der Waals surface area contributed by atoms with Crippen molar-refractivity contribution >= 4 is 40.6 Å². The zero-order valence-electron chi connectivity index (χ0n) is 17.2. The summed E-state index contributed by atoms with van der Waals surface area (Å²) in [6.07, 6.45) is 3.98. The molecule has 0 aliphatic heterocycles. The van der Waals surface area contributed by atoms with Gasteiger partial charge < -0.3 is 15.8 Å². The van der Waals surface area contributed by atoms with Gasteiger partial charge in [-0.05, 0) is 73.9 Å².